The fourth-order valence-corrected chi connectivity index (χ4v) is 15.5. The number of ether oxygens (including phenoxy) is 3. The summed E-state index contributed by atoms with van der Waals surface area (Å²) in [6.07, 6.45) is 11.3. The molecule has 3 heterocycles. The third kappa shape index (κ3) is 7.42. The molecule has 1 saturated heterocycles. The number of aromatic amines is 1. The van der Waals surface area contributed by atoms with Crippen molar-refractivity contribution in [3.63, 3.8) is 0 Å². The average Bonchev–Trinajstić information content (AvgIpc) is 3.97. The number of nitrogens with one attached hydrogen (secondary N) is 1. The van der Waals surface area contributed by atoms with Crippen molar-refractivity contribution < 1.29 is 38.8 Å². The van der Waals surface area contributed by atoms with Gasteiger partial charge in [-0.15, -0.1) is 5.10 Å². The molecule has 8 rings (SSSR count). The van der Waals surface area contributed by atoms with Gasteiger partial charge in [-0.1, -0.05) is 58.9 Å². The fourth-order valence-electron chi connectivity index (χ4n) is 15.5. The molecule has 15 nitrogen and oxygen atoms in total. The Morgan fingerprint density at radius 2 is 1.72 bits per heavy atom. The number of aliphatic carboxylic acids is 1. The molecule has 5 aliphatic carbocycles. The number of hydrogen-bond acceptors (Lipinski definition) is 11. The Balaban J connectivity index is 0.974. The molecule has 6 aliphatic rings. The standard InChI is InChI=1S/C49H71N5O10/c1-27(2)31-12-17-49(43(60)62-26-30-24-54(52-51-30)33-22-38(63-34(33)25-55)53-23-29(4)42(59)50-44(53)61)19-18-47(8)32(41(31)49)10-11-36-46(7)15-14-37(64-40(58)21-28(3)20-39(56)57)45(5,6)35(46)13-16-48(36,47)9/h23-24,28,31-38,41,55H,1,10-22,25-26H2,2-9H3,(H,56,57)(H,50,59,61)/t28?,31-,32+,33-,34+,35-,36+,37-,38+,41+,46-,47+,48+,49-/m0/s1. The Morgan fingerprint density at radius 1 is 0.969 bits per heavy atom. The first-order chi connectivity index (χ1) is 30.1. The lowest BCUT2D eigenvalue weighted by molar-refractivity contribution is -0.251. The molecule has 64 heavy (non-hydrogen) atoms. The summed E-state index contributed by atoms with van der Waals surface area (Å²) in [5, 5.41) is 28.1. The van der Waals surface area contributed by atoms with Crippen molar-refractivity contribution in [1.82, 2.24) is 24.5 Å². The topological polar surface area (TPSA) is 205 Å². The van der Waals surface area contributed by atoms with Gasteiger partial charge in [0.25, 0.3) is 5.56 Å². The van der Waals surface area contributed by atoms with E-state index in [1.54, 1.807) is 24.7 Å². The molecule has 2 aromatic heterocycles. The van der Waals surface area contributed by atoms with E-state index in [0.29, 0.717) is 35.4 Å². The SMILES string of the molecule is C=C(C)[C@@H]1CC[C@]2(C(=O)OCc3cn([C@H]4C[C@H](n5cc(C)c(=O)[nH]c5=O)O[C@@H]4CO)nn3)CC[C@]3(C)[C@H](CC[C@@H]4[C@@]5(C)CC[C@H](OC(=O)CC(C)CC(=O)O)C(C)(C)[C@@H]5CC[C@]43C)[C@@H]12. The molecule has 2 aromatic rings. The monoisotopic (exact) mass is 890 g/mol. The summed E-state index contributed by atoms with van der Waals surface area (Å²) in [4.78, 5) is 66.1. The molecule has 0 aromatic carbocycles. The van der Waals surface area contributed by atoms with E-state index in [4.69, 9.17) is 14.2 Å². The molecule has 14 atom stereocenters. The molecule has 6 fully saturated rings. The minimum absolute atomic E-state index is 0.00381. The number of carbonyl (C=O) groups excluding carboxylic acids is 2. The van der Waals surface area contributed by atoms with Gasteiger partial charge in [-0.2, -0.15) is 0 Å². The molecule has 0 spiro atoms. The molecule has 1 unspecified atom stereocenters. The quantitative estimate of drug-likeness (QED) is 0.145. The molecule has 15 heteroatoms. The number of aromatic nitrogens is 5. The molecule has 0 amide bonds. The summed E-state index contributed by atoms with van der Waals surface area (Å²) < 4.78 is 21.5. The highest BCUT2D eigenvalue weighted by atomic mass is 16.5. The number of carboxylic acids is 1. The number of carbonyl (C=O) groups is 3. The van der Waals surface area contributed by atoms with Gasteiger partial charge in [-0.05, 0) is 130 Å². The summed E-state index contributed by atoms with van der Waals surface area (Å²) >= 11 is 0. The third-order valence-corrected chi connectivity index (χ3v) is 18.8. The van der Waals surface area contributed by atoms with Gasteiger partial charge in [0.1, 0.15) is 30.7 Å². The van der Waals surface area contributed by atoms with E-state index in [1.165, 1.54) is 10.8 Å². The molecule has 0 radical (unpaired) electrons. The zero-order chi connectivity index (χ0) is 46.3. The van der Waals surface area contributed by atoms with Crippen molar-refractivity contribution in [2.24, 2.45) is 62.6 Å². The number of H-pyrrole nitrogens is 1. The molecule has 352 valence electrons. The van der Waals surface area contributed by atoms with Crippen LogP contribution in [0, 0.1) is 69.5 Å². The third-order valence-electron chi connectivity index (χ3n) is 18.8. The summed E-state index contributed by atoms with van der Waals surface area (Å²) in [7, 11) is 0. The largest absolute Gasteiger partial charge is 0.481 e. The van der Waals surface area contributed by atoms with Crippen molar-refractivity contribution in [3.05, 3.63) is 56.6 Å². The van der Waals surface area contributed by atoms with Crippen LogP contribution < -0.4 is 11.2 Å². The van der Waals surface area contributed by atoms with E-state index in [9.17, 15) is 34.2 Å². The molecular formula is C49H71N5O10. The highest BCUT2D eigenvalue weighted by Crippen LogP contribution is 2.77. The highest BCUT2D eigenvalue weighted by Gasteiger charge is 2.72. The zero-order valence-electron chi connectivity index (χ0n) is 39.2. The number of fused-ring (bicyclic) bond motifs is 7. The van der Waals surface area contributed by atoms with Gasteiger partial charge in [0, 0.05) is 36.4 Å². The van der Waals surface area contributed by atoms with Gasteiger partial charge in [0.2, 0.25) is 0 Å². The number of carboxylic acid groups (broad SMARTS) is 1. The van der Waals surface area contributed by atoms with Crippen LogP contribution in [-0.2, 0) is 35.2 Å². The molecule has 5 saturated carbocycles. The van der Waals surface area contributed by atoms with Crippen LogP contribution in [0.2, 0.25) is 0 Å². The van der Waals surface area contributed by atoms with Crippen LogP contribution in [0.3, 0.4) is 0 Å². The van der Waals surface area contributed by atoms with Crippen molar-refractivity contribution >= 4 is 17.9 Å². The average molecular weight is 890 g/mol. The number of aliphatic hydroxyl groups excluding tert-OH is 1. The van der Waals surface area contributed by atoms with Crippen molar-refractivity contribution in [2.75, 3.05) is 6.61 Å². The summed E-state index contributed by atoms with van der Waals surface area (Å²) in [6, 6.07) is -0.450. The van der Waals surface area contributed by atoms with Crippen molar-refractivity contribution in [2.45, 2.75) is 170 Å². The first kappa shape index (κ1) is 46.4. The second-order valence-electron chi connectivity index (χ2n) is 22.4. The normalized spacial score (nSPS) is 39.1. The number of aryl methyl sites for hydroxylation is 1. The Labute approximate surface area is 376 Å². The Kier molecular flexibility index (Phi) is 12.1. The lowest BCUT2D eigenvalue weighted by Gasteiger charge is -2.72. The molecule has 1 aliphatic heterocycles. The van der Waals surface area contributed by atoms with Crippen LogP contribution in [0.1, 0.15) is 155 Å². The van der Waals surface area contributed by atoms with Crippen LogP contribution in [-0.4, -0.2) is 71.5 Å². The van der Waals surface area contributed by atoms with Crippen molar-refractivity contribution in [1.29, 1.82) is 0 Å². The molecule has 3 N–H and O–H groups in total. The number of rotatable bonds is 12. The maximum Gasteiger partial charge on any atom is 0.330 e. The minimum atomic E-state index is -0.903. The minimum Gasteiger partial charge on any atom is -0.481 e. The predicted octanol–water partition coefficient (Wildman–Crippen LogP) is 7.07. The van der Waals surface area contributed by atoms with E-state index in [2.05, 4.69) is 63.4 Å². The van der Waals surface area contributed by atoms with Gasteiger partial charge >= 0.3 is 23.6 Å². The smallest absolute Gasteiger partial charge is 0.330 e. The Hall–Kier alpha value is -4.11. The van der Waals surface area contributed by atoms with E-state index in [1.807, 2.05) is 0 Å². The predicted molar refractivity (Wildman–Crippen MR) is 235 cm³/mol. The second kappa shape index (κ2) is 16.6. The number of aliphatic hydroxyl groups is 1. The number of nitrogens with zero attached hydrogens (tertiary/aromatic N) is 4. The second-order valence-corrected chi connectivity index (χ2v) is 22.4. The Morgan fingerprint density at radius 3 is 2.42 bits per heavy atom. The maximum absolute atomic E-state index is 14.8. The van der Waals surface area contributed by atoms with E-state index in [-0.39, 0.29) is 83.5 Å². The van der Waals surface area contributed by atoms with Gasteiger partial charge in [-0.3, -0.25) is 28.7 Å². The van der Waals surface area contributed by atoms with Gasteiger partial charge in [-0.25, -0.2) is 9.48 Å². The van der Waals surface area contributed by atoms with E-state index >= 15 is 0 Å². The van der Waals surface area contributed by atoms with Crippen molar-refractivity contribution in [3.8, 4) is 0 Å². The van der Waals surface area contributed by atoms with Crippen LogP contribution in [0.5, 0.6) is 0 Å². The van der Waals surface area contributed by atoms with Gasteiger partial charge < -0.3 is 24.4 Å². The molecule has 0 bridgehead atoms. The maximum atomic E-state index is 14.8. The number of hydrogen-bond donors (Lipinski definition) is 3. The first-order valence-corrected chi connectivity index (χ1v) is 23.8. The van der Waals surface area contributed by atoms with Gasteiger partial charge in [0.15, 0.2) is 0 Å². The van der Waals surface area contributed by atoms with Crippen LogP contribution >= 0.6 is 0 Å². The fraction of sp³-hybridized carbons (Fsp3) is 0.776. The van der Waals surface area contributed by atoms with E-state index in [0.717, 1.165) is 69.8 Å². The number of allylic oxidation sites excluding steroid dienone is 1. The van der Waals surface area contributed by atoms with E-state index < -0.39 is 41.0 Å². The lowest BCUT2D eigenvalue weighted by Crippen LogP contribution is -2.67. The first-order valence-electron chi connectivity index (χ1n) is 23.8. The highest BCUT2D eigenvalue weighted by molar-refractivity contribution is 5.78. The van der Waals surface area contributed by atoms with Crippen LogP contribution in [0.25, 0.3) is 0 Å². The lowest BCUT2D eigenvalue weighted by atomic mass is 9.32. The number of esters is 2. The summed E-state index contributed by atoms with van der Waals surface area (Å²) in [6.45, 7) is 21.9. The zero-order valence-corrected chi connectivity index (χ0v) is 39.2. The van der Waals surface area contributed by atoms with Crippen LogP contribution in [0.4, 0.5) is 0 Å². The summed E-state index contributed by atoms with van der Waals surface area (Å²) in [5.41, 5.74) is 0.157. The molecular weight excluding hydrogens is 819 g/mol. The van der Waals surface area contributed by atoms with Gasteiger partial charge in [0.05, 0.1) is 24.3 Å². The Bertz CT molecular complexity index is 2280. The van der Waals surface area contributed by atoms with Crippen LogP contribution in [0.15, 0.2) is 34.1 Å². The summed E-state index contributed by atoms with van der Waals surface area (Å²) in [5.74, 6) is -0.146.